The molecule has 0 aliphatic carbocycles. The Bertz CT molecular complexity index is 488. The second-order valence-corrected chi connectivity index (χ2v) is 5.03. The van der Waals surface area contributed by atoms with E-state index in [0.717, 1.165) is 22.7 Å². The van der Waals surface area contributed by atoms with Crippen LogP contribution in [-0.2, 0) is 0 Å². The number of carboxylic acids is 1. The molecule has 2 aromatic rings. The van der Waals surface area contributed by atoms with E-state index in [1.165, 1.54) is 0 Å². The SMILES string of the molecule is O=C(O)c1sc2cc(Cl)sc2c1F. The maximum absolute atomic E-state index is 13.3. The van der Waals surface area contributed by atoms with E-state index in [4.69, 9.17) is 16.7 Å². The van der Waals surface area contributed by atoms with Crippen LogP contribution in [0.1, 0.15) is 9.67 Å². The van der Waals surface area contributed by atoms with Gasteiger partial charge in [-0.15, -0.1) is 22.7 Å². The molecular formula is C7H2ClFO2S2. The standard InChI is InChI=1S/C7H2ClFO2S2/c8-3-1-2-5(13-3)4(9)6(12-2)7(10)11/h1H,(H,10,11). The van der Waals surface area contributed by atoms with Crippen LogP contribution in [0.3, 0.4) is 0 Å². The zero-order chi connectivity index (χ0) is 9.59. The smallest absolute Gasteiger partial charge is 0.348 e. The van der Waals surface area contributed by atoms with Gasteiger partial charge in [0.1, 0.15) is 4.88 Å². The highest BCUT2D eigenvalue weighted by Gasteiger charge is 2.19. The van der Waals surface area contributed by atoms with Crippen LogP contribution in [0.2, 0.25) is 4.34 Å². The maximum Gasteiger partial charge on any atom is 0.348 e. The van der Waals surface area contributed by atoms with Crippen molar-refractivity contribution in [3.05, 3.63) is 21.1 Å². The number of fused-ring (bicyclic) bond motifs is 1. The molecule has 1 N–H and O–H groups in total. The molecule has 0 aromatic carbocycles. The van der Waals surface area contributed by atoms with Gasteiger partial charge in [-0.3, -0.25) is 0 Å². The summed E-state index contributed by atoms with van der Waals surface area (Å²) >= 11 is 7.60. The van der Waals surface area contributed by atoms with Gasteiger partial charge in [-0.05, 0) is 6.07 Å². The van der Waals surface area contributed by atoms with Gasteiger partial charge < -0.3 is 5.11 Å². The summed E-state index contributed by atoms with van der Waals surface area (Å²) in [5, 5.41) is 8.60. The minimum Gasteiger partial charge on any atom is -0.477 e. The summed E-state index contributed by atoms with van der Waals surface area (Å²) in [6.07, 6.45) is 0. The minimum absolute atomic E-state index is 0.252. The zero-order valence-electron chi connectivity index (χ0n) is 6.01. The van der Waals surface area contributed by atoms with Gasteiger partial charge >= 0.3 is 5.97 Å². The van der Waals surface area contributed by atoms with E-state index >= 15 is 0 Å². The molecule has 0 saturated heterocycles. The third-order valence-corrected chi connectivity index (χ3v) is 3.96. The molecule has 2 aromatic heterocycles. The van der Waals surface area contributed by atoms with E-state index in [0.29, 0.717) is 13.7 Å². The molecule has 0 spiro atoms. The largest absolute Gasteiger partial charge is 0.477 e. The Morgan fingerprint density at radius 2 is 2.23 bits per heavy atom. The number of carbonyl (C=O) groups is 1. The Balaban J connectivity index is 2.76. The molecule has 0 amide bonds. The van der Waals surface area contributed by atoms with Crippen LogP contribution in [0.15, 0.2) is 6.07 Å². The molecule has 0 fully saturated rings. The van der Waals surface area contributed by atoms with Gasteiger partial charge in [0, 0.05) is 0 Å². The fraction of sp³-hybridized carbons (Fsp3) is 0. The van der Waals surface area contributed by atoms with Crippen LogP contribution in [-0.4, -0.2) is 11.1 Å². The quantitative estimate of drug-likeness (QED) is 0.823. The van der Waals surface area contributed by atoms with Crippen molar-refractivity contribution < 1.29 is 14.3 Å². The van der Waals surface area contributed by atoms with Crippen molar-refractivity contribution in [1.82, 2.24) is 0 Å². The van der Waals surface area contributed by atoms with Gasteiger partial charge in [0.25, 0.3) is 0 Å². The highest BCUT2D eigenvalue weighted by atomic mass is 35.5. The second kappa shape index (κ2) is 2.94. The summed E-state index contributed by atoms with van der Waals surface area (Å²) in [6.45, 7) is 0. The Kier molecular flexibility index (Phi) is 2.02. The van der Waals surface area contributed by atoms with Crippen LogP contribution >= 0.6 is 34.3 Å². The number of carboxylic acid groups (broad SMARTS) is 1. The Morgan fingerprint density at radius 3 is 2.77 bits per heavy atom. The third kappa shape index (κ3) is 1.33. The predicted octanol–water partition coefficient (Wildman–Crippen LogP) is 3.45. The second-order valence-electron chi connectivity index (χ2n) is 2.29. The molecule has 0 aliphatic rings. The first-order chi connectivity index (χ1) is 6.09. The molecule has 2 nitrogen and oxygen atoms in total. The first kappa shape index (κ1) is 8.93. The lowest BCUT2D eigenvalue weighted by Gasteiger charge is -1.85. The van der Waals surface area contributed by atoms with Crippen molar-refractivity contribution in [2.45, 2.75) is 0 Å². The average molecular weight is 237 g/mol. The molecule has 13 heavy (non-hydrogen) atoms. The average Bonchev–Trinajstić information content (AvgIpc) is 2.51. The fourth-order valence-electron chi connectivity index (χ4n) is 0.970. The van der Waals surface area contributed by atoms with Crippen LogP contribution < -0.4 is 0 Å². The molecule has 6 heteroatoms. The Hall–Kier alpha value is -0.650. The first-order valence-electron chi connectivity index (χ1n) is 3.20. The molecule has 2 rings (SSSR count). The molecule has 0 unspecified atom stereocenters. The number of halogens is 2. The molecule has 0 atom stereocenters. The summed E-state index contributed by atoms with van der Waals surface area (Å²) in [6, 6.07) is 1.57. The molecule has 0 radical (unpaired) electrons. The molecular weight excluding hydrogens is 235 g/mol. The van der Waals surface area contributed by atoms with E-state index in [1.807, 2.05) is 0 Å². The zero-order valence-corrected chi connectivity index (χ0v) is 8.39. The highest BCUT2D eigenvalue weighted by molar-refractivity contribution is 7.30. The van der Waals surface area contributed by atoms with E-state index < -0.39 is 11.8 Å². The van der Waals surface area contributed by atoms with Gasteiger partial charge in [0.2, 0.25) is 0 Å². The summed E-state index contributed by atoms with van der Waals surface area (Å²) < 4.78 is 14.7. The van der Waals surface area contributed by atoms with E-state index in [9.17, 15) is 9.18 Å². The number of hydrogen-bond acceptors (Lipinski definition) is 3. The third-order valence-electron chi connectivity index (χ3n) is 1.47. The van der Waals surface area contributed by atoms with Gasteiger partial charge in [-0.1, -0.05) is 11.6 Å². The fourth-order valence-corrected chi connectivity index (χ4v) is 3.35. The molecule has 68 valence electrons. The minimum atomic E-state index is -1.23. The van der Waals surface area contributed by atoms with Crippen LogP contribution in [0.25, 0.3) is 9.40 Å². The topological polar surface area (TPSA) is 37.3 Å². The number of thiophene rings is 2. The number of rotatable bonds is 1. The van der Waals surface area contributed by atoms with Crippen molar-refractivity contribution in [1.29, 1.82) is 0 Å². The van der Waals surface area contributed by atoms with E-state index in [2.05, 4.69) is 0 Å². The lowest BCUT2D eigenvalue weighted by molar-refractivity contribution is 0.0698. The van der Waals surface area contributed by atoms with Crippen LogP contribution in [0.4, 0.5) is 4.39 Å². The van der Waals surface area contributed by atoms with Crippen molar-refractivity contribution >= 4 is 49.6 Å². The van der Waals surface area contributed by atoms with Crippen LogP contribution in [0.5, 0.6) is 0 Å². The van der Waals surface area contributed by atoms with Gasteiger partial charge in [-0.25, -0.2) is 9.18 Å². The summed E-state index contributed by atoms with van der Waals surface area (Å²) in [7, 11) is 0. The summed E-state index contributed by atoms with van der Waals surface area (Å²) in [4.78, 5) is 10.3. The van der Waals surface area contributed by atoms with Gasteiger partial charge in [0.15, 0.2) is 5.82 Å². The monoisotopic (exact) mass is 236 g/mol. The highest BCUT2D eigenvalue weighted by Crippen LogP contribution is 2.38. The van der Waals surface area contributed by atoms with Gasteiger partial charge in [0.05, 0.1) is 13.7 Å². The molecule has 2 heterocycles. The van der Waals surface area contributed by atoms with Crippen molar-refractivity contribution in [2.24, 2.45) is 0 Å². The van der Waals surface area contributed by atoms with Crippen molar-refractivity contribution in [3.63, 3.8) is 0 Å². The predicted molar refractivity (Wildman–Crippen MR) is 51.6 cm³/mol. The first-order valence-corrected chi connectivity index (χ1v) is 5.21. The molecule has 0 saturated carbocycles. The van der Waals surface area contributed by atoms with Crippen LogP contribution in [0, 0.1) is 5.82 Å². The molecule has 0 bridgehead atoms. The van der Waals surface area contributed by atoms with E-state index in [-0.39, 0.29) is 4.88 Å². The number of hydrogen-bond donors (Lipinski definition) is 1. The lowest BCUT2D eigenvalue weighted by Crippen LogP contribution is -1.94. The number of aromatic carboxylic acids is 1. The van der Waals surface area contributed by atoms with Crippen molar-refractivity contribution in [3.8, 4) is 0 Å². The maximum atomic E-state index is 13.3. The Morgan fingerprint density at radius 1 is 1.54 bits per heavy atom. The van der Waals surface area contributed by atoms with Gasteiger partial charge in [-0.2, -0.15) is 0 Å². The molecule has 0 aliphatic heterocycles. The Labute approximate surface area is 85.2 Å². The normalized spacial score (nSPS) is 10.9. The van der Waals surface area contributed by atoms with Crippen molar-refractivity contribution in [2.75, 3.05) is 0 Å². The summed E-state index contributed by atoms with van der Waals surface area (Å²) in [5.74, 6) is -1.91. The lowest BCUT2D eigenvalue weighted by atomic mass is 10.4. The summed E-state index contributed by atoms with van der Waals surface area (Å²) in [5.41, 5.74) is 0. The van der Waals surface area contributed by atoms with E-state index in [1.54, 1.807) is 6.07 Å².